The Hall–Kier alpha value is -2.60. The Bertz CT molecular complexity index is 809. The van der Waals surface area contributed by atoms with Gasteiger partial charge in [0.25, 0.3) is 5.91 Å². The Kier molecular flexibility index (Phi) is 4.43. The van der Waals surface area contributed by atoms with Crippen molar-refractivity contribution >= 4 is 23.2 Å². The molecule has 1 N–H and O–H groups in total. The summed E-state index contributed by atoms with van der Waals surface area (Å²) in [6, 6.07) is 9.99. The zero-order valence-electron chi connectivity index (χ0n) is 12.6. The fourth-order valence-corrected chi connectivity index (χ4v) is 2.53. The van der Waals surface area contributed by atoms with Crippen LogP contribution in [-0.4, -0.2) is 25.5 Å². The van der Waals surface area contributed by atoms with E-state index in [4.69, 9.17) is 11.6 Å². The molecular formula is C16H16ClN5O. The number of aryl methyl sites for hydroxylation is 1. The third kappa shape index (κ3) is 3.43. The van der Waals surface area contributed by atoms with E-state index >= 15 is 0 Å². The van der Waals surface area contributed by atoms with E-state index in [1.165, 1.54) is 6.20 Å². The zero-order valence-corrected chi connectivity index (χ0v) is 13.4. The number of halogens is 1. The van der Waals surface area contributed by atoms with Crippen molar-refractivity contribution in [3.05, 3.63) is 65.2 Å². The minimum absolute atomic E-state index is 0.298. The Balaban J connectivity index is 1.71. The molecule has 0 atom stereocenters. The maximum atomic E-state index is 12.3. The van der Waals surface area contributed by atoms with Gasteiger partial charge in [0.1, 0.15) is 5.69 Å². The summed E-state index contributed by atoms with van der Waals surface area (Å²) in [7, 11) is 0. The molecule has 2 aromatic heterocycles. The Morgan fingerprint density at radius 3 is 2.74 bits per heavy atom. The third-order valence-corrected chi connectivity index (χ3v) is 3.66. The van der Waals surface area contributed by atoms with Gasteiger partial charge in [-0.15, -0.1) is 0 Å². The second-order valence-corrected chi connectivity index (χ2v) is 5.43. The number of amides is 1. The Morgan fingerprint density at radius 2 is 2.00 bits per heavy atom. The molecule has 23 heavy (non-hydrogen) atoms. The van der Waals surface area contributed by atoms with Crippen LogP contribution in [0.1, 0.15) is 23.0 Å². The van der Waals surface area contributed by atoms with E-state index in [-0.39, 0.29) is 5.91 Å². The van der Waals surface area contributed by atoms with Gasteiger partial charge in [-0.3, -0.25) is 14.2 Å². The summed E-state index contributed by atoms with van der Waals surface area (Å²) < 4.78 is 3.33. The number of nitrogens with one attached hydrogen (secondary N) is 1. The SMILES string of the molecule is CCn1ncc(Cl)c1C(=O)Nc1cnn(Cc2ccccc2)c1. The van der Waals surface area contributed by atoms with Gasteiger partial charge in [0, 0.05) is 12.7 Å². The van der Waals surface area contributed by atoms with Gasteiger partial charge >= 0.3 is 0 Å². The molecule has 3 rings (SSSR count). The molecule has 1 aromatic carbocycles. The topological polar surface area (TPSA) is 64.7 Å². The zero-order chi connectivity index (χ0) is 16.2. The second kappa shape index (κ2) is 6.66. The van der Waals surface area contributed by atoms with E-state index < -0.39 is 0 Å². The Morgan fingerprint density at radius 1 is 1.22 bits per heavy atom. The monoisotopic (exact) mass is 329 g/mol. The largest absolute Gasteiger partial charge is 0.318 e. The molecule has 6 nitrogen and oxygen atoms in total. The molecule has 0 aliphatic heterocycles. The summed E-state index contributed by atoms with van der Waals surface area (Å²) in [5, 5.41) is 11.5. The van der Waals surface area contributed by atoms with Crippen LogP contribution in [0.5, 0.6) is 0 Å². The van der Waals surface area contributed by atoms with Crippen LogP contribution in [0.2, 0.25) is 5.02 Å². The molecule has 0 aliphatic rings. The van der Waals surface area contributed by atoms with Crippen molar-refractivity contribution in [3.8, 4) is 0 Å². The first-order valence-corrected chi connectivity index (χ1v) is 7.64. The summed E-state index contributed by atoms with van der Waals surface area (Å²) in [6.07, 6.45) is 4.87. The lowest BCUT2D eigenvalue weighted by Gasteiger charge is -2.05. The van der Waals surface area contributed by atoms with Gasteiger partial charge in [-0.2, -0.15) is 10.2 Å². The molecular weight excluding hydrogens is 314 g/mol. The average molecular weight is 330 g/mol. The number of carbonyl (C=O) groups excluding carboxylic acids is 1. The van der Waals surface area contributed by atoms with Crippen molar-refractivity contribution in [2.45, 2.75) is 20.0 Å². The van der Waals surface area contributed by atoms with E-state index in [2.05, 4.69) is 15.5 Å². The molecule has 7 heteroatoms. The normalized spacial score (nSPS) is 10.7. The van der Waals surface area contributed by atoms with Crippen LogP contribution >= 0.6 is 11.6 Å². The molecule has 3 aromatic rings. The van der Waals surface area contributed by atoms with Crippen molar-refractivity contribution in [2.24, 2.45) is 0 Å². The molecule has 0 saturated heterocycles. The highest BCUT2D eigenvalue weighted by Gasteiger charge is 2.17. The van der Waals surface area contributed by atoms with Crippen molar-refractivity contribution in [1.29, 1.82) is 0 Å². The van der Waals surface area contributed by atoms with Crippen LogP contribution in [0.25, 0.3) is 0 Å². The molecule has 0 aliphatic carbocycles. The van der Waals surface area contributed by atoms with Gasteiger partial charge in [-0.25, -0.2) is 0 Å². The number of hydrogen-bond donors (Lipinski definition) is 1. The third-order valence-electron chi connectivity index (χ3n) is 3.39. The van der Waals surface area contributed by atoms with Crippen molar-refractivity contribution in [2.75, 3.05) is 5.32 Å². The van der Waals surface area contributed by atoms with Crippen LogP contribution in [0.4, 0.5) is 5.69 Å². The highest BCUT2D eigenvalue weighted by molar-refractivity contribution is 6.34. The summed E-state index contributed by atoms with van der Waals surface area (Å²) in [5.41, 5.74) is 2.11. The first-order chi connectivity index (χ1) is 11.2. The molecule has 1 amide bonds. The van der Waals surface area contributed by atoms with Crippen molar-refractivity contribution < 1.29 is 4.79 Å². The highest BCUT2D eigenvalue weighted by atomic mass is 35.5. The van der Waals surface area contributed by atoms with Crippen LogP contribution in [-0.2, 0) is 13.1 Å². The van der Waals surface area contributed by atoms with E-state index in [0.717, 1.165) is 5.56 Å². The van der Waals surface area contributed by atoms with Gasteiger partial charge < -0.3 is 5.32 Å². The second-order valence-electron chi connectivity index (χ2n) is 5.02. The summed E-state index contributed by atoms with van der Waals surface area (Å²) in [6.45, 7) is 3.12. The lowest BCUT2D eigenvalue weighted by Crippen LogP contribution is -2.17. The van der Waals surface area contributed by atoms with Gasteiger partial charge in [0.15, 0.2) is 0 Å². The Labute approximate surface area is 138 Å². The highest BCUT2D eigenvalue weighted by Crippen LogP contribution is 2.17. The van der Waals surface area contributed by atoms with E-state index in [1.54, 1.807) is 21.8 Å². The van der Waals surface area contributed by atoms with E-state index in [9.17, 15) is 4.79 Å². The number of rotatable bonds is 5. The maximum Gasteiger partial charge on any atom is 0.275 e. The van der Waals surface area contributed by atoms with Gasteiger partial charge in [0.2, 0.25) is 0 Å². The number of benzene rings is 1. The van der Waals surface area contributed by atoms with Gasteiger partial charge in [-0.05, 0) is 12.5 Å². The van der Waals surface area contributed by atoms with Crippen molar-refractivity contribution in [1.82, 2.24) is 19.6 Å². The molecule has 0 fully saturated rings. The molecule has 0 spiro atoms. The average Bonchev–Trinajstić information content (AvgIpc) is 3.14. The van der Waals surface area contributed by atoms with Gasteiger partial charge in [-0.1, -0.05) is 41.9 Å². The lowest BCUT2D eigenvalue weighted by molar-refractivity contribution is 0.101. The quantitative estimate of drug-likeness (QED) is 0.782. The molecule has 0 unspecified atom stereocenters. The predicted molar refractivity (Wildman–Crippen MR) is 88.6 cm³/mol. The number of hydrogen-bond acceptors (Lipinski definition) is 3. The molecule has 2 heterocycles. The summed E-state index contributed by atoms with van der Waals surface area (Å²) in [4.78, 5) is 12.3. The number of aromatic nitrogens is 4. The van der Waals surface area contributed by atoms with Crippen molar-refractivity contribution in [3.63, 3.8) is 0 Å². The van der Waals surface area contributed by atoms with Crippen LogP contribution in [0, 0.1) is 0 Å². The summed E-state index contributed by atoms with van der Waals surface area (Å²) >= 11 is 6.03. The first kappa shape index (κ1) is 15.3. The number of carbonyl (C=O) groups is 1. The molecule has 118 valence electrons. The smallest absolute Gasteiger partial charge is 0.275 e. The van der Waals surface area contributed by atoms with Crippen LogP contribution in [0.15, 0.2) is 48.9 Å². The number of anilines is 1. The lowest BCUT2D eigenvalue weighted by atomic mass is 10.2. The minimum atomic E-state index is -0.298. The maximum absolute atomic E-state index is 12.3. The standard InChI is InChI=1S/C16H16ClN5O/c1-2-22-15(14(17)9-19-22)16(23)20-13-8-18-21(11-13)10-12-6-4-3-5-7-12/h3-9,11H,2,10H2,1H3,(H,20,23). The molecule has 0 bridgehead atoms. The fraction of sp³-hybridized carbons (Fsp3) is 0.188. The van der Waals surface area contributed by atoms with E-state index in [0.29, 0.717) is 29.5 Å². The minimum Gasteiger partial charge on any atom is -0.318 e. The van der Waals surface area contributed by atoms with E-state index in [1.807, 2.05) is 37.3 Å². The predicted octanol–water partition coefficient (Wildman–Crippen LogP) is 3.05. The first-order valence-electron chi connectivity index (χ1n) is 7.26. The van der Waals surface area contributed by atoms with Gasteiger partial charge in [0.05, 0.1) is 29.6 Å². The molecule has 0 radical (unpaired) electrons. The van der Waals surface area contributed by atoms with Crippen LogP contribution in [0.3, 0.4) is 0 Å². The van der Waals surface area contributed by atoms with Crippen LogP contribution < -0.4 is 5.32 Å². The number of nitrogens with zero attached hydrogens (tertiary/aromatic N) is 4. The summed E-state index contributed by atoms with van der Waals surface area (Å²) in [5.74, 6) is -0.298. The fourth-order valence-electron chi connectivity index (χ4n) is 2.30. The molecule has 0 saturated carbocycles.